The van der Waals surface area contributed by atoms with E-state index in [0.717, 1.165) is 17.5 Å². The van der Waals surface area contributed by atoms with Crippen molar-refractivity contribution in [1.82, 2.24) is 14.9 Å². The Hall–Kier alpha value is -2.13. The Morgan fingerprint density at radius 2 is 2.08 bits per heavy atom. The first-order valence-electron chi connectivity index (χ1n) is 9.60. The van der Waals surface area contributed by atoms with E-state index in [1.807, 2.05) is 6.20 Å². The summed E-state index contributed by atoms with van der Waals surface area (Å²) in [5.41, 5.74) is 4.84. The molecule has 128 valence electrons. The van der Waals surface area contributed by atoms with Gasteiger partial charge in [0.05, 0.1) is 5.69 Å². The molecule has 2 fully saturated rings. The number of nitrogens with zero attached hydrogens (tertiary/aromatic N) is 2. The van der Waals surface area contributed by atoms with Crippen LogP contribution in [-0.4, -0.2) is 34.5 Å². The van der Waals surface area contributed by atoms with E-state index >= 15 is 0 Å². The number of H-pyrrole nitrogens is 1. The fourth-order valence-corrected chi connectivity index (χ4v) is 4.76. The van der Waals surface area contributed by atoms with Crippen molar-refractivity contribution >= 4 is 10.9 Å². The van der Waals surface area contributed by atoms with Crippen LogP contribution < -0.4 is 0 Å². The van der Waals surface area contributed by atoms with Crippen LogP contribution in [0.4, 0.5) is 0 Å². The fraction of sp³-hybridized carbons (Fsp3) is 0.409. The van der Waals surface area contributed by atoms with Gasteiger partial charge in [0.2, 0.25) is 0 Å². The Morgan fingerprint density at radius 3 is 3.00 bits per heavy atom. The number of aromatic nitrogens is 2. The molecule has 2 saturated heterocycles. The predicted molar refractivity (Wildman–Crippen MR) is 103 cm³/mol. The summed E-state index contributed by atoms with van der Waals surface area (Å²) < 4.78 is 0. The normalized spacial score (nSPS) is 26.0. The maximum Gasteiger partial charge on any atom is 0.0702 e. The summed E-state index contributed by atoms with van der Waals surface area (Å²) >= 11 is 0. The number of pyridine rings is 1. The summed E-state index contributed by atoms with van der Waals surface area (Å²) in [5.74, 6) is 1.75. The van der Waals surface area contributed by atoms with Crippen molar-refractivity contribution in [2.45, 2.75) is 25.7 Å². The third-order valence-electron chi connectivity index (χ3n) is 6.20. The molecular weight excluding hydrogens is 306 g/mol. The number of benzene rings is 1. The second-order valence-electron chi connectivity index (χ2n) is 7.79. The molecule has 5 rings (SSSR count). The number of nitrogens with one attached hydrogen (secondary N) is 1. The molecule has 0 radical (unpaired) electrons. The lowest BCUT2D eigenvalue weighted by Gasteiger charge is -2.42. The third kappa shape index (κ3) is 2.98. The molecule has 3 unspecified atom stereocenters. The van der Waals surface area contributed by atoms with E-state index in [1.54, 1.807) is 0 Å². The van der Waals surface area contributed by atoms with Crippen LogP contribution in [0.15, 0.2) is 48.8 Å². The summed E-state index contributed by atoms with van der Waals surface area (Å²) in [7, 11) is 0. The fourth-order valence-electron chi connectivity index (χ4n) is 4.76. The zero-order chi connectivity index (χ0) is 16.6. The number of rotatable bonds is 3. The standard InChI is InChI=1S/C22H25N3/c1-2-20-15-25(10-1)11-8-17(20)12-16-3-5-22(24-14-16)18-4-6-21-19(13-18)7-9-23-21/h3-7,9,13-14,17,20,23H,1-2,8,10-12,15H2. The van der Waals surface area contributed by atoms with E-state index < -0.39 is 0 Å². The van der Waals surface area contributed by atoms with Crippen molar-refractivity contribution in [3.63, 3.8) is 0 Å². The maximum atomic E-state index is 4.76. The van der Waals surface area contributed by atoms with Gasteiger partial charge in [-0.15, -0.1) is 0 Å². The van der Waals surface area contributed by atoms with Crippen molar-refractivity contribution in [2.75, 3.05) is 19.6 Å². The summed E-state index contributed by atoms with van der Waals surface area (Å²) in [5, 5.41) is 1.24. The molecule has 0 amide bonds. The lowest BCUT2D eigenvalue weighted by molar-refractivity contribution is 0.0740. The molecule has 2 aromatic heterocycles. The highest BCUT2D eigenvalue weighted by molar-refractivity contribution is 5.84. The summed E-state index contributed by atoms with van der Waals surface area (Å²) in [6, 6.07) is 13.1. The van der Waals surface area contributed by atoms with Crippen LogP contribution in [0.25, 0.3) is 22.2 Å². The summed E-state index contributed by atoms with van der Waals surface area (Å²) in [6.07, 6.45) is 9.45. The van der Waals surface area contributed by atoms with Gasteiger partial charge in [-0.1, -0.05) is 12.1 Å². The lowest BCUT2D eigenvalue weighted by atomic mass is 9.77. The molecule has 3 atom stereocenters. The highest BCUT2D eigenvalue weighted by Gasteiger charge is 2.31. The molecule has 25 heavy (non-hydrogen) atoms. The van der Waals surface area contributed by atoms with Gasteiger partial charge in [0.1, 0.15) is 0 Å². The molecule has 0 aliphatic carbocycles. The Morgan fingerprint density at radius 1 is 1.08 bits per heavy atom. The van der Waals surface area contributed by atoms with Gasteiger partial charge in [-0.25, -0.2) is 0 Å². The first kappa shape index (κ1) is 15.2. The molecular formula is C22H25N3. The Balaban J connectivity index is 1.32. The zero-order valence-corrected chi connectivity index (χ0v) is 14.6. The average molecular weight is 331 g/mol. The average Bonchev–Trinajstić information content (AvgIpc) is 3.13. The maximum absolute atomic E-state index is 4.76. The van der Waals surface area contributed by atoms with Gasteiger partial charge >= 0.3 is 0 Å². The minimum absolute atomic E-state index is 0.848. The van der Waals surface area contributed by atoms with E-state index in [0.29, 0.717) is 0 Å². The van der Waals surface area contributed by atoms with Gasteiger partial charge in [0.25, 0.3) is 0 Å². The third-order valence-corrected chi connectivity index (χ3v) is 6.20. The van der Waals surface area contributed by atoms with Crippen LogP contribution >= 0.6 is 0 Å². The topological polar surface area (TPSA) is 31.9 Å². The number of aromatic amines is 1. The molecule has 3 heteroatoms. The predicted octanol–water partition coefficient (Wildman–Crippen LogP) is 4.50. The van der Waals surface area contributed by atoms with Crippen LogP contribution in [-0.2, 0) is 6.42 Å². The lowest BCUT2D eigenvalue weighted by Crippen LogP contribution is -2.45. The quantitative estimate of drug-likeness (QED) is 0.766. The van der Waals surface area contributed by atoms with Crippen LogP contribution in [0.2, 0.25) is 0 Å². The number of hydrogen-bond donors (Lipinski definition) is 1. The van der Waals surface area contributed by atoms with Gasteiger partial charge in [0.15, 0.2) is 0 Å². The van der Waals surface area contributed by atoms with Gasteiger partial charge < -0.3 is 9.88 Å². The van der Waals surface area contributed by atoms with Crippen molar-refractivity contribution in [1.29, 1.82) is 0 Å². The molecule has 3 nitrogen and oxygen atoms in total. The highest BCUT2D eigenvalue weighted by atomic mass is 15.1. The largest absolute Gasteiger partial charge is 0.361 e. The minimum atomic E-state index is 0.848. The summed E-state index contributed by atoms with van der Waals surface area (Å²) in [6.45, 7) is 3.95. The molecule has 2 bridgehead atoms. The second kappa shape index (κ2) is 6.30. The first-order chi connectivity index (χ1) is 12.3. The van der Waals surface area contributed by atoms with E-state index in [9.17, 15) is 0 Å². The molecule has 1 aromatic carbocycles. The van der Waals surface area contributed by atoms with Crippen molar-refractivity contribution in [3.8, 4) is 11.3 Å². The molecule has 0 saturated carbocycles. The molecule has 3 aromatic rings. The zero-order valence-electron chi connectivity index (χ0n) is 14.6. The van der Waals surface area contributed by atoms with Gasteiger partial charge in [0, 0.05) is 35.4 Å². The number of piperidine rings is 2. The van der Waals surface area contributed by atoms with Gasteiger partial charge in [-0.3, -0.25) is 4.98 Å². The van der Waals surface area contributed by atoms with Crippen molar-refractivity contribution in [2.24, 2.45) is 11.8 Å². The van der Waals surface area contributed by atoms with Crippen molar-refractivity contribution in [3.05, 3.63) is 54.4 Å². The number of fused-ring (bicyclic) bond motifs is 3. The molecule has 4 heterocycles. The smallest absolute Gasteiger partial charge is 0.0702 e. The second-order valence-corrected chi connectivity index (χ2v) is 7.79. The van der Waals surface area contributed by atoms with E-state index in [1.165, 1.54) is 67.3 Å². The van der Waals surface area contributed by atoms with E-state index in [4.69, 9.17) is 4.98 Å². The summed E-state index contributed by atoms with van der Waals surface area (Å²) in [4.78, 5) is 10.7. The Bertz CT molecular complexity index is 864. The first-order valence-corrected chi connectivity index (χ1v) is 9.60. The molecule has 1 N–H and O–H groups in total. The molecule has 0 spiro atoms. The SMILES string of the molecule is c1cc2cc(-c3ccc(CC4CCN5CCCC4C5)cn3)ccc2[nH]1. The Labute approximate surface area is 149 Å². The van der Waals surface area contributed by atoms with Crippen LogP contribution in [0, 0.1) is 11.8 Å². The van der Waals surface area contributed by atoms with E-state index in [-0.39, 0.29) is 0 Å². The van der Waals surface area contributed by atoms with Gasteiger partial charge in [-0.05, 0) is 80.4 Å². The molecule has 2 aliphatic rings. The van der Waals surface area contributed by atoms with Gasteiger partial charge in [-0.2, -0.15) is 0 Å². The van der Waals surface area contributed by atoms with Crippen molar-refractivity contribution < 1.29 is 0 Å². The van der Waals surface area contributed by atoms with Crippen LogP contribution in [0.5, 0.6) is 0 Å². The minimum Gasteiger partial charge on any atom is -0.361 e. The highest BCUT2D eigenvalue weighted by Crippen LogP contribution is 2.33. The van der Waals surface area contributed by atoms with E-state index in [2.05, 4.69) is 52.5 Å². The monoisotopic (exact) mass is 331 g/mol. The number of hydrogen-bond acceptors (Lipinski definition) is 2. The van der Waals surface area contributed by atoms with Crippen LogP contribution in [0.1, 0.15) is 24.8 Å². The Kier molecular flexibility index (Phi) is 3.82. The van der Waals surface area contributed by atoms with Crippen LogP contribution in [0.3, 0.4) is 0 Å². The molecule has 2 aliphatic heterocycles.